The van der Waals surface area contributed by atoms with Gasteiger partial charge in [-0.1, -0.05) is 72.3 Å². The SMILES string of the molecule is Cc1ccc(-c2ccc(-n3c4ccc(-c5ccc(C(F)(F)F)cc5C(F)(F)F)cc4c4cc(-c5ccc(C(F)(F)F)cc5C(F)(F)F)ccc43)cc2-c2cc(C#N)ccc2-n2c3ccc(-c4ccc(C(F)(F)F)cc4C(F)(F)F)cc3c3cc(-c4ccc(C(F)(F)F)cc4C(F)(F)F)ccc32)c(C(F)(F)F)c1. The molecule has 0 aliphatic carbocycles. The number of aryl methyl sites for hydroxylation is 1. The zero-order valence-corrected chi connectivity index (χ0v) is 53.1. The van der Waals surface area contributed by atoms with E-state index < -0.39 is 156 Å². The van der Waals surface area contributed by atoms with Gasteiger partial charge in [0, 0.05) is 32.8 Å². The molecule has 2 aromatic heterocycles. The van der Waals surface area contributed by atoms with Crippen molar-refractivity contribution < 1.29 is 119 Å². The summed E-state index contributed by atoms with van der Waals surface area (Å²) in [6.45, 7) is 1.31. The summed E-state index contributed by atoms with van der Waals surface area (Å²) in [4.78, 5) is 0. The number of nitriles is 1. The van der Waals surface area contributed by atoms with Gasteiger partial charge < -0.3 is 9.13 Å². The molecule has 3 nitrogen and oxygen atoms in total. The average Bonchev–Trinajstić information content (AvgIpc) is 1.59. The highest BCUT2D eigenvalue weighted by atomic mass is 19.4. The number of halogens is 27. The minimum Gasteiger partial charge on any atom is -0.309 e. The minimum atomic E-state index is -5.52. The molecule has 0 radical (unpaired) electrons. The van der Waals surface area contributed by atoms with Gasteiger partial charge in [-0.2, -0.15) is 124 Å². The lowest BCUT2D eigenvalue weighted by Crippen LogP contribution is -2.12. The summed E-state index contributed by atoms with van der Waals surface area (Å²) in [6, 6.07) is 27.0. The van der Waals surface area contributed by atoms with Crippen LogP contribution in [-0.2, 0) is 55.6 Å². The molecule has 107 heavy (non-hydrogen) atoms. The summed E-state index contributed by atoms with van der Waals surface area (Å²) in [5.41, 5.74) is -23.9. The Morgan fingerprint density at radius 3 is 0.850 bits per heavy atom. The van der Waals surface area contributed by atoms with Crippen LogP contribution in [0.3, 0.4) is 0 Å². The molecule has 0 spiro atoms. The fourth-order valence-corrected chi connectivity index (χ4v) is 13.4. The summed E-state index contributed by atoms with van der Waals surface area (Å²) in [7, 11) is 0. The molecule has 0 aliphatic rings. The van der Waals surface area contributed by atoms with Gasteiger partial charge in [-0.05, 0) is 202 Å². The van der Waals surface area contributed by atoms with E-state index in [0.29, 0.717) is 48.5 Å². The van der Waals surface area contributed by atoms with Gasteiger partial charge in [0.05, 0.1) is 89.5 Å². The number of hydrogen-bond acceptors (Lipinski definition) is 1. The number of benzene rings is 11. The summed E-state index contributed by atoms with van der Waals surface area (Å²) in [6.07, 6.45) is -48.6. The second-order valence-electron chi connectivity index (χ2n) is 24.7. The first-order valence-corrected chi connectivity index (χ1v) is 30.8. The summed E-state index contributed by atoms with van der Waals surface area (Å²) >= 11 is 0. The van der Waals surface area contributed by atoms with Gasteiger partial charge in [0.1, 0.15) is 0 Å². The van der Waals surface area contributed by atoms with Crippen molar-refractivity contribution in [3.05, 3.63) is 261 Å². The Hall–Kier alpha value is -11.4. The molecule has 13 aromatic rings. The lowest BCUT2D eigenvalue weighted by Gasteiger charge is -2.21. The second-order valence-corrected chi connectivity index (χ2v) is 24.7. The molecule has 0 unspecified atom stereocenters. The Kier molecular flexibility index (Phi) is 17.4. The van der Waals surface area contributed by atoms with Gasteiger partial charge >= 0.3 is 55.6 Å². The Morgan fingerprint density at radius 1 is 0.243 bits per heavy atom. The highest BCUT2D eigenvalue weighted by molar-refractivity contribution is 6.14. The van der Waals surface area contributed by atoms with Crippen LogP contribution in [-0.4, -0.2) is 9.13 Å². The molecule has 548 valence electrons. The van der Waals surface area contributed by atoms with Crippen LogP contribution >= 0.6 is 0 Å². The van der Waals surface area contributed by atoms with Crippen LogP contribution in [0.15, 0.2) is 200 Å². The summed E-state index contributed by atoms with van der Waals surface area (Å²) in [5, 5.41) is 9.69. The molecular formula is C77H36F27N3. The molecule has 0 aliphatic heterocycles. The Balaban J connectivity index is 1.13. The van der Waals surface area contributed by atoms with E-state index in [1.807, 2.05) is 6.07 Å². The number of rotatable bonds is 8. The van der Waals surface area contributed by atoms with Crippen molar-refractivity contribution in [3.8, 4) is 84.2 Å². The van der Waals surface area contributed by atoms with Crippen LogP contribution in [0.1, 0.15) is 61.2 Å². The monoisotopic (exact) mass is 1520 g/mol. The van der Waals surface area contributed by atoms with E-state index in [-0.39, 0.29) is 107 Å². The molecule has 0 amide bonds. The van der Waals surface area contributed by atoms with Crippen molar-refractivity contribution in [2.45, 2.75) is 62.5 Å². The van der Waals surface area contributed by atoms with Gasteiger partial charge in [0.25, 0.3) is 0 Å². The predicted octanol–water partition coefficient (Wildman–Crippen LogP) is 27.2. The zero-order valence-electron chi connectivity index (χ0n) is 53.1. The maximum absolute atomic E-state index is 15.6. The van der Waals surface area contributed by atoms with E-state index in [1.165, 1.54) is 40.3 Å². The zero-order chi connectivity index (χ0) is 77.7. The number of alkyl halides is 27. The molecule has 13 rings (SSSR count). The van der Waals surface area contributed by atoms with Crippen molar-refractivity contribution in [1.29, 1.82) is 5.26 Å². The third-order valence-electron chi connectivity index (χ3n) is 18.1. The Morgan fingerprint density at radius 2 is 0.542 bits per heavy atom. The maximum Gasteiger partial charge on any atom is 0.417 e. The van der Waals surface area contributed by atoms with E-state index in [9.17, 15) is 111 Å². The first-order valence-electron chi connectivity index (χ1n) is 30.8. The molecule has 30 heteroatoms. The van der Waals surface area contributed by atoms with Gasteiger partial charge in [-0.3, -0.25) is 0 Å². The molecule has 0 fully saturated rings. The average molecular weight is 1520 g/mol. The number of fused-ring (bicyclic) bond motifs is 6. The third-order valence-corrected chi connectivity index (χ3v) is 18.1. The minimum absolute atomic E-state index is 0.0500. The molecular weight excluding hydrogens is 1480 g/mol. The van der Waals surface area contributed by atoms with Crippen molar-refractivity contribution in [2.24, 2.45) is 0 Å². The molecule has 0 saturated heterocycles. The van der Waals surface area contributed by atoms with E-state index in [1.54, 1.807) is 0 Å². The van der Waals surface area contributed by atoms with E-state index in [0.717, 1.165) is 103 Å². The van der Waals surface area contributed by atoms with Gasteiger partial charge in [0.15, 0.2) is 0 Å². The molecule has 0 atom stereocenters. The van der Waals surface area contributed by atoms with Crippen molar-refractivity contribution in [1.82, 2.24) is 9.13 Å². The van der Waals surface area contributed by atoms with Crippen LogP contribution in [0.25, 0.3) is 122 Å². The normalized spacial score (nSPS) is 13.2. The summed E-state index contributed by atoms with van der Waals surface area (Å²) < 4.78 is 397. The maximum atomic E-state index is 15.6. The van der Waals surface area contributed by atoms with E-state index >= 15 is 13.2 Å². The van der Waals surface area contributed by atoms with E-state index in [2.05, 4.69) is 0 Å². The lowest BCUT2D eigenvalue weighted by molar-refractivity contribution is -0.144. The Bertz CT molecular complexity index is 5570. The number of hydrogen-bond donors (Lipinski definition) is 0. The summed E-state index contributed by atoms with van der Waals surface area (Å²) in [5.74, 6) is 0. The van der Waals surface area contributed by atoms with Crippen LogP contribution in [0, 0.1) is 18.3 Å². The van der Waals surface area contributed by atoms with Crippen LogP contribution in [0.5, 0.6) is 0 Å². The fraction of sp³-hybridized carbons (Fsp3) is 0.130. The van der Waals surface area contributed by atoms with E-state index in [4.69, 9.17) is 0 Å². The van der Waals surface area contributed by atoms with Crippen molar-refractivity contribution in [2.75, 3.05) is 0 Å². The lowest BCUT2D eigenvalue weighted by atomic mass is 9.89. The van der Waals surface area contributed by atoms with Gasteiger partial charge in [0.2, 0.25) is 0 Å². The van der Waals surface area contributed by atoms with Crippen LogP contribution in [0.2, 0.25) is 0 Å². The Labute approximate surface area is 582 Å². The van der Waals surface area contributed by atoms with Crippen LogP contribution in [0.4, 0.5) is 119 Å². The van der Waals surface area contributed by atoms with Crippen LogP contribution < -0.4 is 0 Å². The third kappa shape index (κ3) is 13.7. The standard InChI is InChI=1S/C77H36F27N3/c1-36-2-13-52(59(24-36)73(90,91)92)51-18-12-46(106-64-20-4-38(47-14-8-42(69(78,79)80)30-60(47)74(93,94)95)26-55(64)56-27-39(5-21-65(56)106)48-15-9-43(70(81,82)83)31-61(48)75(96,97)98)34-53(51)54-25-37(35-105)3-19-66(54)107-67-22-6-40(49-16-10-44(71(84,85)86)32-62(49)76(99,100)101)28-57(67)58-29-41(7-23-68(58)107)50-17-11-45(72(87,88)89)33-63(50)77(102,103)104/h2-34H,1H3. The molecule has 11 aromatic carbocycles. The number of nitrogens with zero attached hydrogens (tertiary/aromatic N) is 3. The highest BCUT2D eigenvalue weighted by Crippen LogP contribution is 2.52. The molecule has 0 saturated carbocycles. The van der Waals surface area contributed by atoms with Gasteiger partial charge in [-0.15, -0.1) is 0 Å². The quantitative estimate of drug-likeness (QED) is 0.140. The first kappa shape index (κ1) is 73.9. The molecule has 2 heterocycles. The first-order chi connectivity index (χ1) is 49.6. The smallest absolute Gasteiger partial charge is 0.309 e. The van der Waals surface area contributed by atoms with Crippen molar-refractivity contribution >= 4 is 43.6 Å². The van der Waals surface area contributed by atoms with Gasteiger partial charge in [-0.25, -0.2) is 0 Å². The topological polar surface area (TPSA) is 33.6 Å². The highest BCUT2D eigenvalue weighted by Gasteiger charge is 2.44. The second kappa shape index (κ2) is 25.1. The number of aromatic nitrogens is 2. The molecule has 0 bridgehead atoms. The fourth-order valence-electron chi connectivity index (χ4n) is 13.4. The van der Waals surface area contributed by atoms with Crippen molar-refractivity contribution in [3.63, 3.8) is 0 Å². The molecule has 0 N–H and O–H groups in total. The largest absolute Gasteiger partial charge is 0.417 e. The predicted molar refractivity (Wildman–Crippen MR) is 342 cm³/mol.